The Morgan fingerprint density at radius 1 is 0.955 bits per heavy atom. The van der Waals surface area contributed by atoms with Gasteiger partial charge in [0, 0.05) is 30.7 Å². The summed E-state index contributed by atoms with van der Waals surface area (Å²) in [5, 5.41) is 1.33. The van der Waals surface area contributed by atoms with Crippen molar-refractivity contribution in [1.29, 1.82) is 0 Å². The van der Waals surface area contributed by atoms with Crippen molar-refractivity contribution in [2.75, 3.05) is 6.61 Å². The van der Waals surface area contributed by atoms with Crippen LogP contribution in [0.4, 0.5) is 0 Å². The molecule has 0 saturated heterocycles. The van der Waals surface area contributed by atoms with Crippen molar-refractivity contribution in [3.8, 4) is 17.2 Å². The fourth-order valence-electron chi connectivity index (χ4n) is 2.10. The molecule has 0 atom stereocenters. The highest BCUT2D eigenvalue weighted by Gasteiger charge is 2.17. The number of carbonyl (C=O) groups excluding carboxylic acids is 2. The molecule has 0 aliphatic carbocycles. The average molecular weight is 302 g/mol. The number of hydrogen-bond acceptors (Lipinski definition) is 5. The summed E-state index contributed by atoms with van der Waals surface area (Å²) in [4.78, 5) is 22.7. The number of fused-ring (bicyclic) bond motifs is 1. The quantitative estimate of drug-likeness (QED) is 0.625. The van der Waals surface area contributed by atoms with Gasteiger partial charge in [0.05, 0.1) is 6.61 Å². The topological polar surface area (TPSA) is 61.8 Å². The molecule has 0 fully saturated rings. The minimum Gasteiger partial charge on any atom is -0.490 e. The molecule has 0 spiro atoms. The zero-order valence-electron chi connectivity index (χ0n) is 12.8. The van der Waals surface area contributed by atoms with Crippen LogP contribution in [0.1, 0.15) is 27.2 Å². The first-order valence-electron chi connectivity index (χ1n) is 7.08. The number of hydrogen-bond donors (Lipinski definition) is 0. The number of esters is 2. The van der Waals surface area contributed by atoms with Crippen LogP contribution in [0.15, 0.2) is 30.3 Å². The number of benzene rings is 2. The molecule has 0 aromatic heterocycles. The zero-order valence-corrected chi connectivity index (χ0v) is 12.8. The molecule has 5 heteroatoms. The first kappa shape index (κ1) is 15.8. The summed E-state index contributed by atoms with van der Waals surface area (Å²) in [5.41, 5.74) is 0. The van der Waals surface area contributed by atoms with Gasteiger partial charge in [0.2, 0.25) is 0 Å². The van der Waals surface area contributed by atoms with Gasteiger partial charge < -0.3 is 14.2 Å². The highest BCUT2D eigenvalue weighted by atomic mass is 16.6. The minimum absolute atomic E-state index is 0.340. The molecule has 0 amide bonds. The van der Waals surface area contributed by atoms with E-state index in [9.17, 15) is 9.59 Å². The second kappa shape index (κ2) is 6.93. The zero-order chi connectivity index (χ0) is 16.1. The molecule has 5 nitrogen and oxygen atoms in total. The molecule has 0 saturated carbocycles. The van der Waals surface area contributed by atoms with Crippen LogP contribution in [0.5, 0.6) is 17.2 Å². The third-order valence-electron chi connectivity index (χ3n) is 2.88. The molecular weight excluding hydrogens is 284 g/mol. The highest BCUT2D eigenvalue weighted by molar-refractivity contribution is 5.98. The van der Waals surface area contributed by atoms with E-state index in [-0.39, 0.29) is 0 Å². The summed E-state index contributed by atoms with van der Waals surface area (Å²) < 4.78 is 16.2. The van der Waals surface area contributed by atoms with E-state index < -0.39 is 11.9 Å². The number of rotatable bonds is 5. The van der Waals surface area contributed by atoms with Crippen LogP contribution < -0.4 is 14.2 Å². The predicted octanol–water partition coefficient (Wildman–Crippen LogP) is 3.48. The Bertz CT molecular complexity index is 706. The monoisotopic (exact) mass is 302 g/mol. The van der Waals surface area contributed by atoms with Crippen molar-refractivity contribution in [3.63, 3.8) is 0 Å². The van der Waals surface area contributed by atoms with Crippen LogP contribution in [-0.2, 0) is 9.59 Å². The molecular formula is C17H18O5. The predicted molar refractivity (Wildman–Crippen MR) is 82.4 cm³/mol. The molecule has 22 heavy (non-hydrogen) atoms. The lowest BCUT2D eigenvalue weighted by Gasteiger charge is -2.15. The van der Waals surface area contributed by atoms with Crippen LogP contribution >= 0.6 is 0 Å². The maximum Gasteiger partial charge on any atom is 0.308 e. The summed E-state index contributed by atoms with van der Waals surface area (Å²) in [6, 6.07) is 8.80. The van der Waals surface area contributed by atoms with E-state index >= 15 is 0 Å². The van der Waals surface area contributed by atoms with Crippen molar-refractivity contribution in [2.45, 2.75) is 27.2 Å². The molecule has 0 aliphatic rings. The van der Waals surface area contributed by atoms with Gasteiger partial charge >= 0.3 is 11.9 Å². The second-order valence-corrected chi connectivity index (χ2v) is 4.78. The Hall–Kier alpha value is -2.56. The van der Waals surface area contributed by atoms with E-state index in [1.165, 1.54) is 13.8 Å². The van der Waals surface area contributed by atoms with Gasteiger partial charge in [-0.2, -0.15) is 0 Å². The molecule has 2 rings (SSSR count). The van der Waals surface area contributed by atoms with Crippen molar-refractivity contribution in [3.05, 3.63) is 30.3 Å². The fourth-order valence-corrected chi connectivity index (χ4v) is 2.10. The maximum atomic E-state index is 11.4. The lowest BCUT2D eigenvalue weighted by molar-refractivity contribution is -0.133. The van der Waals surface area contributed by atoms with Gasteiger partial charge in [0.15, 0.2) is 11.5 Å². The lowest BCUT2D eigenvalue weighted by Crippen LogP contribution is -2.07. The van der Waals surface area contributed by atoms with E-state index in [4.69, 9.17) is 14.2 Å². The SMILES string of the molecule is CCCOc1cc(OC(C)=O)c2ccccc2c1OC(C)=O. The summed E-state index contributed by atoms with van der Waals surface area (Å²) >= 11 is 0. The first-order valence-corrected chi connectivity index (χ1v) is 7.08. The van der Waals surface area contributed by atoms with Gasteiger partial charge in [0.25, 0.3) is 0 Å². The molecule has 0 heterocycles. The molecule has 0 bridgehead atoms. The van der Waals surface area contributed by atoms with Crippen molar-refractivity contribution in [1.82, 2.24) is 0 Å². The highest BCUT2D eigenvalue weighted by Crippen LogP contribution is 2.41. The van der Waals surface area contributed by atoms with Crippen LogP contribution in [0.2, 0.25) is 0 Å². The standard InChI is InChI=1S/C17H18O5/c1-4-9-20-16-10-15(21-11(2)18)13-7-5-6-8-14(13)17(16)22-12(3)19/h5-8,10H,4,9H2,1-3H3. The molecule has 0 N–H and O–H groups in total. The third-order valence-corrected chi connectivity index (χ3v) is 2.88. The van der Waals surface area contributed by atoms with Crippen molar-refractivity contribution >= 4 is 22.7 Å². The van der Waals surface area contributed by atoms with E-state index in [1.54, 1.807) is 18.2 Å². The first-order chi connectivity index (χ1) is 10.5. The molecule has 2 aromatic rings. The van der Waals surface area contributed by atoms with Crippen LogP contribution in [0.3, 0.4) is 0 Å². The molecule has 116 valence electrons. The van der Waals surface area contributed by atoms with Crippen LogP contribution in [0, 0.1) is 0 Å². The van der Waals surface area contributed by atoms with Crippen molar-refractivity contribution < 1.29 is 23.8 Å². The average Bonchev–Trinajstić information content (AvgIpc) is 2.47. The summed E-state index contributed by atoms with van der Waals surface area (Å²) in [7, 11) is 0. The van der Waals surface area contributed by atoms with Crippen molar-refractivity contribution in [2.24, 2.45) is 0 Å². The van der Waals surface area contributed by atoms with Crippen LogP contribution in [-0.4, -0.2) is 18.5 Å². The van der Waals surface area contributed by atoms with Gasteiger partial charge in [-0.3, -0.25) is 9.59 Å². The molecule has 0 aliphatic heterocycles. The minimum atomic E-state index is -0.438. The summed E-state index contributed by atoms with van der Waals surface area (Å²) in [6.45, 7) is 5.10. The fraction of sp³-hybridized carbons (Fsp3) is 0.294. The summed E-state index contributed by atoms with van der Waals surface area (Å²) in [5.74, 6) is 0.239. The van der Waals surface area contributed by atoms with Gasteiger partial charge in [-0.05, 0) is 6.42 Å². The normalized spacial score (nSPS) is 10.3. The Morgan fingerprint density at radius 2 is 1.59 bits per heavy atom. The lowest BCUT2D eigenvalue weighted by atomic mass is 10.1. The smallest absolute Gasteiger partial charge is 0.308 e. The Balaban J connectivity index is 2.65. The Kier molecular flexibility index (Phi) is 4.99. The van der Waals surface area contributed by atoms with E-state index in [0.29, 0.717) is 34.6 Å². The van der Waals surface area contributed by atoms with Gasteiger partial charge in [0.1, 0.15) is 5.75 Å². The number of carbonyl (C=O) groups is 2. The van der Waals surface area contributed by atoms with E-state index in [2.05, 4.69) is 0 Å². The second-order valence-electron chi connectivity index (χ2n) is 4.78. The Morgan fingerprint density at radius 3 is 2.18 bits per heavy atom. The van der Waals surface area contributed by atoms with Gasteiger partial charge in [-0.15, -0.1) is 0 Å². The van der Waals surface area contributed by atoms with Gasteiger partial charge in [-0.1, -0.05) is 31.2 Å². The summed E-state index contributed by atoms with van der Waals surface area (Å²) in [6.07, 6.45) is 0.801. The Labute approximate surface area is 128 Å². The maximum absolute atomic E-state index is 11.4. The van der Waals surface area contributed by atoms with E-state index in [0.717, 1.165) is 6.42 Å². The molecule has 2 aromatic carbocycles. The van der Waals surface area contributed by atoms with Crippen LogP contribution in [0.25, 0.3) is 10.8 Å². The van der Waals surface area contributed by atoms with Gasteiger partial charge in [-0.25, -0.2) is 0 Å². The number of ether oxygens (including phenoxy) is 3. The van der Waals surface area contributed by atoms with E-state index in [1.807, 2.05) is 19.1 Å². The largest absolute Gasteiger partial charge is 0.490 e. The molecule has 0 unspecified atom stereocenters. The third kappa shape index (κ3) is 3.55. The molecule has 0 radical (unpaired) electrons.